The molecule has 4 saturated heterocycles. The molecule has 0 aromatic heterocycles. The number of halogens is 5. The number of hydrogen-bond acceptors (Lipinski definition) is 19. The number of amides is 6. The van der Waals surface area contributed by atoms with Crippen molar-refractivity contribution < 1.29 is 63.9 Å². The summed E-state index contributed by atoms with van der Waals surface area (Å²) in [5, 5.41) is 55.5. The van der Waals surface area contributed by atoms with Crippen LogP contribution in [-0.4, -0.2) is 208 Å². The second-order valence-corrected chi connectivity index (χ2v) is 29.8. The molecule has 13 rings (SSSR count). The number of urea groups is 1. The first-order valence-electron chi connectivity index (χ1n) is 35.2. The van der Waals surface area contributed by atoms with Crippen molar-refractivity contribution in [3.63, 3.8) is 0 Å². The van der Waals surface area contributed by atoms with Crippen molar-refractivity contribution in [1.82, 2.24) is 40.4 Å². The summed E-state index contributed by atoms with van der Waals surface area (Å²) >= 11 is 18.8. The Labute approximate surface area is 682 Å². The molecule has 7 aromatic rings. The van der Waals surface area contributed by atoms with E-state index in [1.807, 2.05) is 97.1 Å². The smallest absolute Gasteiger partial charge is 0.323 e. The van der Waals surface area contributed by atoms with E-state index in [2.05, 4.69) is 152 Å². The number of nitrogens with one attached hydrogen (secondary N) is 3. The van der Waals surface area contributed by atoms with Crippen molar-refractivity contribution in [2.45, 2.75) is 51.5 Å². The molecule has 111 heavy (non-hydrogen) atoms. The lowest BCUT2D eigenvalue weighted by Gasteiger charge is -2.35. The Hall–Kier alpha value is -10.2. The van der Waals surface area contributed by atoms with E-state index < -0.39 is 40.6 Å². The van der Waals surface area contributed by atoms with Crippen LogP contribution >= 0.6 is 75.3 Å². The van der Waals surface area contributed by atoms with Gasteiger partial charge in [0.1, 0.15) is 23.2 Å². The van der Waals surface area contributed by atoms with E-state index in [1.54, 1.807) is 79.8 Å². The summed E-state index contributed by atoms with van der Waals surface area (Å²) in [5.41, 5.74) is 4.83. The average molecular weight is 1790 g/mol. The molecule has 3 atom stereocenters. The van der Waals surface area contributed by atoms with Gasteiger partial charge in [-0.1, -0.05) is 176 Å². The highest BCUT2D eigenvalue weighted by Crippen LogP contribution is 2.35. The van der Waals surface area contributed by atoms with Crippen LogP contribution in [0.1, 0.15) is 103 Å². The highest BCUT2D eigenvalue weighted by atomic mass is 79.9. The number of aldehydes is 1. The maximum absolute atomic E-state index is 13.3. The number of imide groups is 2. The SMILES string of the molecule is C#C[C@]1(CN2CCc3cc(OC)ccc3C2=O)CC(=O)NC1=O.CCN1CCN(/C(=N/O)c2ccc(Br)cc2)CC1.CCN1CCN(/C(=N/O)c2ccc(C#C[C@]3(CC4CCc5cc(OC)ccc5C4=O)NC(=O)NC3=O)cc2)CC1.O/N=C(/Cl)c1ccc(Br)cc1.O/N=C\c1ccc(Br)cc1.O=Cc1ccc(Br)cc1. The summed E-state index contributed by atoms with van der Waals surface area (Å²) in [6.45, 7) is 14.1. The van der Waals surface area contributed by atoms with Crippen LogP contribution in [0.25, 0.3) is 0 Å². The number of benzene rings is 7. The van der Waals surface area contributed by atoms with E-state index in [0.29, 0.717) is 76.8 Å². The maximum atomic E-state index is 13.3. The molecular formula is C81H83Br4ClN12O13. The number of carbonyl (C=O) groups is 7. The Morgan fingerprint density at radius 2 is 1.07 bits per heavy atom. The van der Waals surface area contributed by atoms with Crippen LogP contribution in [0.4, 0.5) is 4.79 Å². The molecule has 30 heteroatoms. The molecule has 0 bridgehead atoms. The van der Waals surface area contributed by atoms with Gasteiger partial charge in [-0.25, -0.2) is 4.79 Å². The van der Waals surface area contributed by atoms with Crippen LogP contribution in [0, 0.1) is 35.5 Å². The van der Waals surface area contributed by atoms with Crippen molar-refractivity contribution in [3.8, 4) is 35.7 Å². The van der Waals surface area contributed by atoms with Crippen molar-refractivity contribution in [2.24, 2.45) is 32.0 Å². The minimum atomic E-state index is -1.52. The van der Waals surface area contributed by atoms with Gasteiger partial charge in [-0.3, -0.25) is 39.4 Å². The second kappa shape index (κ2) is 42.2. The van der Waals surface area contributed by atoms with Gasteiger partial charge in [0.05, 0.1) is 26.9 Å². The molecule has 1 unspecified atom stereocenters. The fraction of sp³-hybridized carbons (Fsp3) is 0.296. The van der Waals surface area contributed by atoms with Gasteiger partial charge in [-0.05, 0) is 158 Å². The molecule has 0 saturated carbocycles. The Balaban J connectivity index is 0.000000184. The Kier molecular flexibility index (Phi) is 32.9. The number of amidine groups is 2. The molecule has 7 N–H and O–H groups in total. The molecular weight excluding hydrogens is 1700 g/mol. The van der Waals surface area contributed by atoms with E-state index in [1.165, 1.54) is 6.21 Å². The molecule has 7 aromatic carbocycles. The van der Waals surface area contributed by atoms with Crippen LogP contribution in [0.3, 0.4) is 0 Å². The molecule has 1 aliphatic carbocycles. The van der Waals surface area contributed by atoms with Gasteiger partial charge in [-0.2, -0.15) is 0 Å². The standard InChI is InChI=1S/C30H33N5O5.C17H16N2O4.C13H18BrN3O.C7H5BrClNO.C7H6BrNO.C7H5BrO/c1-3-34-14-16-35(17-15-34)27(33-39)21-6-4-20(5-7-21)12-13-30(28(37)31-29(38)32-30)19-23-9-8-22-18-24(40-2)10-11-25(22)26(23)36;1-3-17(9-14(20)18-16(17)22)10-19-7-6-11-8-12(23-2)4-5-13(11)15(19)21;1-2-16-7-9-17(10-8-16)13(15-18)11-3-5-12(14)6-4-11;8-6-3-1-5(2-4-6)7(9)10-11;8-7-3-1-6(2-4-7)5-9-10;8-7-3-1-6(5-9)2-4-7/h4-7,10-11,18,23,39H,3,8-9,14-17,19H2,1-2H3,(H2,31,32,37,38);1,4-5,8H,6-7,9-10H2,2H3,(H,18,20,22);3-6,18H,2,7-10H2,1H3;1-4,11H;1-5,10H;1-5H/b33-27+;;15-13+;10-7+;9-5-;/t23?,30-;17-;;;;/m11..../s1. The molecule has 0 radical (unpaired) electrons. The number of ether oxygens (including phenoxy) is 2. The third-order valence-corrected chi connectivity index (χ3v) is 21.3. The number of methoxy groups -OCH3 is 2. The second-order valence-electron chi connectivity index (χ2n) is 25.8. The number of fused-ring (bicyclic) bond motifs is 2. The highest BCUT2D eigenvalue weighted by Gasteiger charge is 2.49. The van der Waals surface area contributed by atoms with Crippen molar-refractivity contribution in [3.05, 3.63) is 231 Å². The van der Waals surface area contributed by atoms with E-state index in [0.717, 1.165) is 117 Å². The lowest BCUT2D eigenvalue weighted by Crippen LogP contribution is -2.48. The fourth-order valence-electron chi connectivity index (χ4n) is 12.7. The highest BCUT2D eigenvalue weighted by molar-refractivity contribution is 9.11. The Morgan fingerprint density at radius 1 is 0.595 bits per heavy atom. The van der Waals surface area contributed by atoms with Crippen LogP contribution in [0.15, 0.2) is 196 Å². The fourth-order valence-corrected chi connectivity index (χ4v) is 13.8. The number of nitrogens with zero attached hydrogens (tertiary/aromatic N) is 9. The summed E-state index contributed by atoms with van der Waals surface area (Å²) in [4.78, 5) is 95.2. The number of ketones is 1. The first-order chi connectivity index (χ1) is 53.5. The molecule has 0 spiro atoms. The zero-order valence-electron chi connectivity index (χ0n) is 61.2. The zero-order chi connectivity index (χ0) is 80.2. The number of likely N-dealkylation sites (N-methyl/N-ethyl adjacent to an activating group) is 2. The number of oxime groups is 4. The topological polar surface area (TPSA) is 321 Å². The molecule has 5 heterocycles. The van der Waals surface area contributed by atoms with Gasteiger partial charge in [-0.15, -0.1) is 6.42 Å². The number of carbonyl (C=O) groups excluding carboxylic acids is 7. The summed E-state index contributed by atoms with van der Waals surface area (Å²) in [6, 6.07) is 46.9. The van der Waals surface area contributed by atoms with Crippen molar-refractivity contribution >= 4 is 140 Å². The van der Waals surface area contributed by atoms with Gasteiger partial charge in [0.25, 0.3) is 11.8 Å². The summed E-state index contributed by atoms with van der Waals surface area (Å²) in [6.07, 6.45) is 9.54. The predicted octanol–water partition coefficient (Wildman–Crippen LogP) is 12.2. The third kappa shape index (κ3) is 23.9. The van der Waals surface area contributed by atoms with Crippen LogP contribution in [0.2, 0.25) is 0 Å². The normalized spacial score (nSPS) is 18.9. The molecule has 5 aliphatic heterocycles. The molecule has 6 aliphatic rings. The number of terminal acetylenes is 1. The van der Waals surface area contributed by atoms with Crippen LogP contribution in [0.5, 0.6) is 11.5 Å². The number of hydrogen-bond donors (Lipinski definition) is 7. The van der Waals surface area contributed by atoms with Gasteiger partial charge < -0.3 is 60.1 Å². The van der Waals surface area contributed by atoms with Gasteiger partial charge in [0, 0.05) is 135 Å². The molecule has 25 nitrogen and oxygen atoms in total. The number of Topliss-reactive ketones (excluding diaryl/α,β-unsaturated/α-hetero) is 1. The summed E-state index contributed by atoms with van der Waals surface area (Å²) in [7, 11) is 3.16. The summed E-state index contributed by atoms with van der Waals surface area (Å²) < 4.78 is 14.4. The third-order valence-electron chi connectivity index (χ3n) is 18.9. The first kappa shape index (κ1) is 86.4. The van der Waals surface area contributed by atoms with Gasteiger partial charge in [0.2, 0.25) is 11.8 Å². The minimum Gasteiger partial charge on any atom is -0.497 e. The van der Waals surface area contributed by atoms with Crippen LogP contribution < -0.4 is 25.4 Å². The lowest BCUT2D eigenvalue weighted by atomic mass is 9.76. The van der Waals surface area contributed by atoms with Crippen molar-refractivity contribution in [1.29, 1.82) is 0 Å². The predicted molar refractivity (Wildman–Crippen MR) is 438 cm³/mol. The monoisotopic (exact) mass is 1780 g/mol. The number of rotatable bonds is 13. The van der Waals surface area contributed by atoms with E-state index in [9.17, 15) is 44.0 Å². The molecule has 6 amide bonds. The zero-order valence-corrected chi connectivity index (χ0v) is 68.3. The van der Waals surface area contributed by atoms with Crippen LogP contribution in [-0.2, 0) is 27.2 Å². The lowest BCUT2D eigenvalue weighted by molar-refractivity contribution is -0.127. The Morgan fingerprint density at radius 3 is 1.50 bits per heavy atom. The van der Waals surface area contributed by atoms with Gasteiger partial charge in [0.15, 0.2) is 28.2 Å². The quantitative estimate of drug-likeness (QED) is 0.00824. The largest absolute Gasteiger partial charge is 0.497 e. The Bertz CT molecular complexity index is 4660. The molecule has 580 valence electrons. The van der Waals surface area contributed by atoms with E-state index in [-0.39, 0.29) is 36.2 Å². The van der Waals surface area contributed by atoms with E-state index in [4.69, 9.17) is 37.9 Å². The number of aryl methyl sites for hydroxylation is 1. The maximum Gasteiger partial charge on any atom is 0.323 e. The molecule has 4 fully saturated rings. The number of piperazine rings is 2. The van der Waals surface area contributed by atoms with E-state index >= 15 is 0 Å². The van der Waals surface area contributed by atoms with Crippen molar-refractivity contribution in [2.75, 3.05) is 92.8 Å². The first-order valence-corrected chi connectivity index (χ1v) is 38.7. The van der Waals surface area contributed by atoms with Gasteiger partial charge >= 0.3 is 6.03 Å². The summed E-state index contributed by atoms with van der Waals surface area (Å²) in [5.74, 6) is 8.79. The minimum absolute atomic E-state index is 0.0470. The average Bonchev–Trinajstić information content (AvgIpc) is 1.71.